The van der Waals surface area contributed by atoms with Gasteiger partial charge in [0.2, 0.25) is 11.8 Å². The Morgan fingerprint density at radius 1 is 1.15 bits per heavy atom. The lowest BCUT2D eigenvalue weighted by Gasteiger charge is -2.39. The first-order valence-electron chi connectivity index (χ1n) is 7.92. The smallest absolute Gasteiger partial charge is 0.248 e. The summed E-state index contributed by atoms with van der Waals surface area (Å²) in [6.45, 7) is 1.29. The summed E-state index contributed by atoms with van der Waals surface area (Å²) >= 11 is 0. The van der Waals surface area contributed by atoms with Crippen molar-refractivity contribution in [2.45, 2.75) is 63.0 Å². The lowest BCUT2D eigenvalue weighted by Crippen LogP contribution is -2.65. The maximum absolute atomic E-state index is 12.6. The van der Waals surface area contributed by atoms with Crippen LogP contribution in [-0.4, -0.2) is 48.1 Å². The van der Waals surface area contributed by atoms with Crippen molar-refractivity contribution >= 4 is 11.8 Å². The van der Waals surface area contributed by atoms with Crippen LogP contribution in [0.3, 0.4) is 0 Å². The van der Waals surface area contributed by atoms with Crippen LogP contribution in [0.2, 0.25) is 0 Å². The second-order valence-electron chi connectivity index (χ2n) is 6.34. The third-order valence-electron chi connectivity index (χ3n) is 4.88. The normalized spacial score (nSPS) is 26.5. The van der Waals surface area contributed by atoms with Crippen LogP contribution >= 0.6 is 0 Å². The molecule has 1 heterocycles. The summed E-state index contributed by atoms with van der Waals surface area (Å²) < 4.78 is 5.81. The predicted molar refractivity (Wildman–Crippen MR) is 74.1 cm³/mol. The second kappa shape index (κ2) is 5.72. The number of hydrogen-bond acceptors (Lipinski definition) is 3. The molecule has 5 nitrogen and oxygen atoms in total. The maximum atomic E-state index is 12.6. The van der Waals surface area contributed by atoms with Gasteiger partial charge in [0.1, 0.15) is 5.54 Å². The van der Waals surface area contributed by atoms with Gasteiger partial charge in [0, 0.05) is 6.54 Å². The minimum Gasteiger partial charge on any atom is -0.376 e. The van der Waals surface area contributed by atoms with Gasteiger partial charge in [-0.25, -0.2) is 0 Å². The van der Waals surface area contributed by atoms with Gasteiger partial charge in [-0.1, -0.05) is 25.7 Å². The van der Waals surface area contributed by atoms with E-state index in [1.807, 2.05) is 0 Å². The topological polar surface area (TPSA) is 58.6 Å². The van der Waals surface area contributed by atoms with Crippen molar-refractivity contribution in [3.8, 4) is 0 Å². The van der Waals surface area contributed by atoms with E-state index in [1.54, 1.807) is 4.90 Å². The third-order valence-corrected chi connectivity index (χ3v) is 4.88. The van der Waals surface area contributed by atoms with Gasteiger partial charge < -0.3 is 15.0 Å². The van der Waals surface area contributed by atoms with Crippen molar-refractivity contribution < 1.29 is 14.3 Å². The highest BCUT2D eigenvalue weighted by Gasteiger charge is 2.48. The van der Waals surface area contributed by atoms with Crippen molar-refractivity contribution in [2.24, 2.45) is 0 Å². The van der Waals surface area contributed by atoms with Crippen molar-refractivity contribution in [3.05, 3.63) is 0 Å². The summed E-state index contributed by atoms with van der Waals surface area (Å²) in [5.74, 6) is 0.0805. The largest absolute Gasteiger partial charge is 0.376 e. The highest BCUT2D eigenvalue weighted by Crippen LogP contribution is 2.33. The van der Waals surface area contributed by atoms with Crippen LogP contribution in [0.15, 0.2) is 0 Å². The number of amides is 2. The van der Waals surface area contributed by atoms with Crippen molar-refractivity contribution in [2.75, 3.05) is 19.7 Å². The summed E-state index contributed by atoms with van der Waals surface area (Å²) in [7, 11) is 0. The van der Waals surface area contributed by atoms with E-state index in [4.69, 9.17) is 4.74 Å². The van der Waals surface area contributed by atoms with Crippen molar-refractivity contribution in [3.63, 3.8) is 0 Å². The summed E-state index contributed by atoms with van der Waals surface area (Å²) in [4.78, 5) is 26.1. The molecule has 5 heteroatoms. The lowest BCUT2D eigenvalue weighted by atomic mass is 9.93. The number of rotatable bonds is 4. The van der Waals surface area contributed by atoms with Crippen LogP contribution in [-0.2, 0) is 14.3 Å². The highest BCUT2D eigenvalue weighted by molar-refractivity contribution is 5.98. The van der Waals surface area contributed by atoms with Crippen molar-refractivity contribution in [1.29, 1.82) is 0 Å². The van der Waals surface area contributed by atoms with Gasteiger partial charge in [0.15, 0.2) is 0 Å². The van der Waals surface area contributed by atoms with Gasteiger partial charge in [-0.15, -0.1) is 0 Å². The summed E-state index contributed by atoms with van der Waals surface area (Å²) in [6, 6.07) is 0. The molecule has 112 valence electrons. The van der Waals surface area contributed by atoms with E-state index in [9.17, 15) is 9.59 Å². The maximum Gasteiger partial charge on any atom is 0.248 e. The quantitative estimate of drug-likeness (QED) is 0.842. The molecule has 1 saturated heterocycles. The van der Waals surface area contributed by atoms with E-state index in [0.717, 1.165) is 38.5 Å². The van der Waals surface area contributed by atoms with Gasteiger partial charge in [-0.3, -0.25) is 9.59 Å². The fourth-order valence-electron chi connectivity index (χ4n) is 3.79. The first kappa shape index (κ1) is 13.9. The van der Waals surface area contributed by atoms with E-state index in [0.29, 0.717) is 19.3 Å². The first-order valence-corrected chi connectivity index (χ1v) is 7.92. The van der Waals surface area contributed by atoms with Crippen LogP contribution in [0, 0.1) is 0 Å². The number of piperazine rings is 1. The molecule has 2 saturated carbocycles. The van der Waals surface area contributed by atoms with E-state index >= 15 is 0 Å². The molecule has 2 aliphatic carbocycles. The predicted octanol–water partition coefficient (Wildman–Crippen LogP) is 1.22. The number of ether oxygens (including phenoxy) is 1. The Labute approximate surface area is 120 Å². The summed E-state index contributed by atoms with van der Waals surface area (Å²) in [5.41, 5.74) is -0.595. The van der Waals surface area contributed by atoms with E-state index < -0.39 is 5.54 Å². The SMILES string of the molecule is O=C1CN(CCOC2CCCC2)C(=O)C2(CCCC2)N1. The molecule has 1 aliphatic heterocycles. The van der Waals surface area contributed by atoms with E-state index in [2.05, 4.69) is 5.32 Å². The second-order valence-corrected chi connectivity index (χ2v) is 6.34. The number of carbonyl (C=O) groups is 2. The Kier molecular flexibility index (Phi) is 3.96. The molecule has 1 N–H and O–H groups in total. The minimum atomic E-state index is -0.595. The Morgan fingerprint density at radius 2 is 1.85 bits per heavy atom. The Hall–Kier alpha value is -1.10. The fourth-order valence-corrected chi connectivity index (χ4v) is 3.79. The van der Waals surface area contributed by atoms with Crippen LogP contribution in [0.1, 0.15) is 51.4 Å². The zero-order chi connectivity index (χ0) is 14.0. The molecule has 3 rings (SSSR count). The molecule has 0 aromatic rings. The van der Waals surface area contributed by atoms with Crippen LogP contribution < -0.4 is 5.32 Å². The van der Waals surface area contributed by atoms with Crippen LogP contribution in [0.25, 0.3) is 0 Å². The summed E-state index contributed by atoms with van der Waals surface area (Å²) in [5, 5.41) is 2.93. The average molecular weight is 280 g/mol. The van der Waals surface area contributed by atoms with Gasteiger partial charge in [-0.2, -0.15) is 0 Å². The van der Waals surface area contributed by atoms with Gasteiger partial charge >= 0.3 is 0 Å². The number of nitrogens with zero attached hydrogens (tertiary/aromatic N) is 1. The zero-order valence-electron chi connectivity index (χ0n) is 12.0. The Morgan fingerprint density at radius 3 is 2.55 bits per heavy atom. The fraction of sp³-hybridized carbons (Fsp3) is 0.867. The number of nitrogens with one attached hydrogen (secondary N) is 1. The summed E-state index contributed by atoms with van der Waals surface area (Å²) in [6.07, 6.45) is 8.77. The van der Waals surface area contributed by atoms with Gasteiger partial charge in [0.25, 0.3) is 0 Å². The average Bonchev–Trinajstić information content (AvgIpc) is 3.07. The Bertz CT molecular complexity index is 385. The molecule has 1 spiro atoms. The molecule has 3 aliphatic rings. The molecule has 0 aromatic heterocycles. The van der Waals surface area contributed by atoms with Gasteiger partial charge in [0.05, 0.1) is 19.3 Å². The van der Waals surface area contributed by atoms with Crippen molar-refractivity contribution in [1.82, 2.24) is 10.2 Å². The van der Waals surface area contributed by atoms with E-state index in [1.165, 1.54) is 12.8 Å². The van der Waals surface area contributed by atoms with Gasteiger partial charge in [-0.05, 0) is 25.7 Å². The molecule has 0 radical (unpaired) electrons. The molecule has 2 amide bonds. The molecule has 0 atom stereocenters. The lowest BCUT2D eigenvalue weighted by molar-refractivity contribution is -0.150. The monoisotopic (exact) mass is 280 g/mol. The number of carbonyl (C=O) groups excluding carboxylic acids is 2. The molecule has 3 fully saturated rings. The highest BCUT2D eigenvalue weighted by atomic mass is 16.5. The molecular weight excluding hydrogens is 256 g/mol. The molecule has 20 heavy (non-hydrogen) atoms. The minimum absolute atomic E-state index is 0.0210. The standard InChI is InChI=1S/C15H24N2O3/c18-13-11-17(9-10-20-12-5-1-2-6-12)14(19)15(16-13)7-3-4-8-15/h12H,1-11H2,(H,16,18). The Balaban J connectivity index is 1.54. The zero-order valence-corrected chi connectivity index (χ0v) is 12.0. The third kappa shape index (κ3) is 2.68. The first-order chi connectivity index (χ1) is 9.70. The van der Waals surface area contributed by atoms with Crippen LogP contribution in [0.5, 0.6) is 0 Å². The molecule has 0 bridgehead atoms. The number of hydrogen-bond donors (Lipinski definition) is 1. The molecule has 0 unspecified atom stereocenters. The van der Waals surface area contributed by atoms with Crippen LogP contribution in [0.4, 0.5) is 0 Å². The van der Waals surface area contributed by atoms with E-state index in [-0.39, 0.29) is 18.4 Å². The molecule has 0 aromatic carbocycles. The molecular formula is C15H24N2O3.